The fourth-order valence-electron chi connectivity index (χ4n) is 3.82. The number of ether oxygens (including phenoxy) is 2. The van der Waals surface area contributed by atoms with Gasteiger partial charge in [0.05, 0.1) is 20.4 Å². The van der Waals surface area contributed by atoms with Crippen LogP contribution in [0.5, 0.6) is 11.5 Å². The highest BCUT2D eigenvalue weighted by atomic mass is 16.5. The quantitative estimate of drug-likeness (QED) is 0.688. The summed E-state index contributed by atoms with van der Waals surface area (Å²) in [5.74, 6) is 2.85. The molecular weight excluding hydrogens is 342 g/mol. The molecule has 1 atom stereocenters. The Kier molecular flexibility index (Phi) is 5.00. The highest BCUT2D eigenvalue weighted by molar-refractivity contribution is 5.94. The van der Waals surface area contributed by atoms with Crippen LogP contribution in [0.2, 0.25) is 0 Å². The second-order valence-electron chi connectivity index (χ2n) is 6.87. The molecule has 27 heavy (non-hydrogen) atoms. The number of rotatable bonds is 5. The number of benzene rings is 1. The van der Waals surface area contributed by atoms with Gasteiger partial charge in [0.25, 0.3) is 0 Å². The topological polar surface area (TPSA) is 73.3 Å². The smallest absolute Gasteiger partial charge is 0.161 e. The molecule has 1 saturated heterocycles. The zero-order chi connectivity index (χ0) is 18.6. The summed E-state index contributed by atoms with van der Waals surface area (Å²) in [5.41, 5.74) is 1.18. The average Bonchev–Trinajstić information content (AvgIpc) is 2.73. The average molecular weight is 365 g/mol. The van der Waals surface area contributed by atoms with E-state index in [0.29, 0.717) is 17.4 Å². The lowest BCUT2D eigenvalue weighted by Crippen LogP contribution is -2.37. The molecule has 0 aliphatic carbocycles. The van der Waals surface area contributed by atoms with E-state index in [4.69, 9.17) is 9.47 Å². The monoisotopic (exact) mass is 365 g/mol. The summed E-state index contributed by atoms with van der Waals surface area (Å²) in [6.07, 6.45) is 10.5. The Labute approximate surface area is 158 Å². The van der Waals surface area contributed by atoms with Crippen molar-refractivity contribution in [2.75, 3.05) is 32.2 Å². The van der Waals surface area contributed by atoms with E-state index in [1.807, 2.05) is 24.5 Å². The Morgan fingerprint density at radius 1 is 1.07 bits per heavy atom. The van der Waals surface area contributed by atoms with Gasteiger partial charge in [-0.15, -0.1) is 5.10 Å². The molecule has 1 unspecified atom stereocenters. The Bertz CT molecular complexity index is 919. The van der Waals surface area contributed by atoms with Gasteiger partial charge in [0.1, 0.15) is 6.33 Å². The number of anilines is 1. The molecule has 3 heterocycles. The zero-order valence-corrected chi connectivity index (χ0v) is 15.6. The van der Waals surface area contributed by atoms with Gasteiger partial charge in [-0.2, -0.15) is 5.10 Å². The van der Waals surface area contributed by atoms with Crippen LogP contribution in [0.4, 0.5) is 5.82 Å². The van der Waals surface area contributed by atoms with Crippen molar-refractivity contribution >= 4 is 16.6 Å². The molecule has 140 valence electrons. The lowest BCUT2D eigenvalue weighted by Gasteiger charge is -2.34. The molecule has 0 radical (unpaired) electrons. The summed E-state index contributed by atoms with van der Waals surface area (Å²) in [6.45, 7) is 1.92. The van der Waals surface area contributed by atoms with Crippen LogP contribution in [-0.2, 0) is 6.42 Å². The van der Waals surface area contributed by atoms with Gasteiger partial charge in [-0.05, 0) is 42.9 Å². The molecular formula is C20H23N5O2. The molecule has 1 aliphatic heterocycles. The molecule has 1 aromatic carbocycles. The van der Waals surface area contributed by atoms with Gasteiger partial charge in [-0.3, -0.25) is 0 Å². The third-order valence-corrected chi connectivity index (χ3v) is 5.10. The molecule has 0 saturated carbocycles. The van der Waals surface area contributed by atoms with E-state index < -0.39 is 0 Å². The molecule has 7 nitrogen and oxygen atoms in total. The fraction of sp³-hybridized carbons (Fsp3) is 0.400. The van der Waals surface area contributed by atoms with Crippen LogP contribution in [0.25, 0.3) is 10.8 Å². The summed E-state index contributed by atoms with van der Waals surface area (Å²) in [5, 5.41) is 10.7. The first kappa shape index (κ1) is 17.5. The number of nitrogens with zero attached hydrogens (tertiary/aromatic N) is 5. The van der Waals surface area contributed by atoms with Crippen LogP contribution >= 0.6 is 0 Å². The first-order valence-electron chi connectivity index (χ1n) is 9.14. The first-order chi connectivity index (χ1) is 13.3. The summed E-state index contributed by atoms with van der Waals surface area (Å²) in [4.78, 5) is 10.6. The predicted molar refractivity (Wildman–Crippen MR) is 103 cm³/mol. The number of methoxy groups -OCH3 is 2. The second kappa shape index (κ2) is 7.73. The zero-order valence-electron chi connectivity index (χ0n) is 15.6. The van der Waals surface area contributed by atoms with Gasteiger partial charge in [-0.25, -0.2) is 9.97 Å². The second-order valence-corrected chi connectivity index (χ2v) is 6.87. The van der Waals surface area contributed by atoms with Crippen molar-refractivity contribution in [3.05, 3.63) is 42.6 Å². The highest BCUT2D eigenvalue weighted by Crippen LogP contribution is 2.36. The Morgan fingerprint density at radius 3 is 2.63 bits per heavy atom. The van der Waals surface area contributed by atoms with Gasteiger partial charge in [-0.1, -0.05) is 0 Å². The van der Waals surface area contributed by atoms with Crippen LogP contribution in [0.1, 0.15) is 18.4 Å². The Hall–Kier alpha value is -2.96. The van der Waals surface area contributed by atoms with Gasteiger partial charge < -0.3 is 14.4 Å². The predicted octanol–water partition coefficient (Wildman–Crippen LogP) is 2.90. The van der Waals surface area contributed by atoms with Gasteiger partial charge in [0.2, 0.25) is 0 Å². The lowest BCUT2D eigenvalue weighted by molar-refractivity contribution is 0.356. The maximum atomic E-state index is 5.48. The van der Waals surface area contributed by atoms with Crippen molar-refractivity contribution in [3.8, 4) is 11.5 Å². The van der Waals surface area contributed by atoms with Gasteiger partial charge in [0, 0.05) is 36.3 Å². The summed E-state index contributed by atoms with van der Waals surface area (Å²) < 4.78 is 10.9. The molecule has 1 aliphatic rings. The first-order valence-corrected chi connectivity index (χ1v) is 9.14. The number of fused-ring (bicyclic) bond motifs is 1. The number of hydrogen-bond acceptors (Lipinski definition) is 7. The molecule has 4 rings (SSSR count). The molecule has 0 bridgehead atoms. The molecule has 3 aromatic rings. The lowest BCUT2D eigenvalue weighted by atomic mass is 9.92. The van der Waals surface area contributed by atoms with Crippen molar-refractivity contribution in [2.45, 2.75) is 19.3 Å². The summed E-state index contributed by atoms with van der Waals surface area (Å²) >= 11 is 0. The largest absolute Gasteiger partial charge is 0.493 e. The van der Waals surface area contributed by atoms with Crippen molar-refractivity contribution in [1.29, 1.82) is 0 Å². The maximum Gasteiger partial charge on any atom is 0.161 e. The van der Waals surface area contributed by atoms with E-state index >= 15 is 0 Å². The Balaban J connectivity index is 1.63. The SMILES string of the molecule is COc1cc2cnnc(N3CCCC(Cc4cncnc4)C3)c2cc1OC. The number of piperidine rings is 1. The van der Waals surface area contributed by atoms with Gasteiger partial charge >= 0.3 is 0 Å². The third kappa shape index (κ3) is 3.63. The van der Waals surface area contributed by atoms with Crippen molar-refractivity contribution in [2.24, 2.45) is 5.92 Å². The molecule has 0 amide bonds. The van der Waals surface area contributed by atoms with E-state index in [-0.39, 0.29) is 0 Å². The van der Waals surface area contributed by atoms with Crippen molar-refractivity contribution in [1.82, 2.24) is 20.2 Å². The van der Waals surface area contributed by atoms with E-state index in [1.54, 1.807) is 26.7 Å². The fourth-order valence-corrected chi connectivity index (χ4v) is 3.82. The van der Waals surface area contributed by atoms with Crippen LogP contribution < -0.4 is 14.4 Å². The summed E-state index contributed by atoms with van der Waals surface area (Å²) in [7, 11) is 3.29. The summed E-state index contributed by atoms with van der Waals surface area (Å²) in [6, 6.07) is 3.95. The van der Waals surface area contributed by atoms with E-state index in [2.05, 4.69) is 25.1 Å². The molecule has 0 spiro atoms. The third-order valence-electron chi connectivity index (χ3n) is 5.10. The van der Waals surface area contributed by atoms with Crippen LogP contribution in [-0.4, -0.2) is 47.5 Å². The minimum absolute atomic E-state index is 0.543. The molecule has 2 aromatic heterocycles. The van der Waals surface area contributed by atoms with E-state index in [0.717, 1.165) is 42.5 Å². The van der Waals surface area contributed by atoms with Crippen molar-refractivity contribution in [3.63, 3.8) is 0 Å². The normalized spacial score (nSPS) is 17.1. The number of aromatic nitrogens is 4. The maximum absolute atomic E-state index is 5.48. The standard InChI is InChI=1S/C20H23N5O2/c1-26-18-7-16-11-23-24-20(17(16)8-19(18)27-2)25-5-3-4-14(12-25)6-15-9-21-13-22-10-15/h7-11,13-14H,3-6,12H2,1-2H3. The van der Waals surface area contributed by atoms with Gasteiger partial charge in [0.15, 0.2) is 17.3 Å². The Morgan fingerprint density at radius 2 is 1.85 bits per heavy atom. The molecule has 0 N–H and O–H groups in total. The van der Waals surface area contributed by atoms with E-state index in [1.165, 1.54) is 12.0 Å². The van der Waals surface area contributed by atoms with Crippen molar-refractivity contribution < 1.29 is 9.47 Å². The van der Waals surface area contributed by atoms with Crippen LogP contribution in [0, 0.1) is 5.92 Å². The minimum atomic E-state index is 0.543. The van der Waals surface area contributed by atoms with Crippen LogP contribution in [0.3, 0.4) is 0 Å². The molecule has 7 heteroatoms. The van der Waals surface area contributed by atoms with Crippen LogP contribution in [0.15, 0.2) is 37.1 Å². The van der Waals surface area contributed by atoms with E-state index in [9.17, 15) is 0 Å². The minimum Gasteiger partial charge on any atom is -0.493 e. The molecule has 1 fully saturated rings. The highest BCUT2D eigenvalue weighted by Gasteiger charge is 2.23. The number of hydrogen-bond donors (Lipinski definition) is 0.